The molecule has 1 aliphatic carbocycles. The summed E-state index contributed by atoms with van der Waals surface area (Å²) >= 11 is 1.47. The van der Waals surface area contributed by atoms with E-state index in [1.165, 1.54) is 25.3 Å². The second kappa shape index (κ2) is 11.4. The number of hydrogen-bond donors (Lipinski definition) is 1. The molecule has 0 aliphatic heterocycles. The van der Waals surface area contributed by atoms with Gasteiger partial charge in [-0.3, -0.25) is 9.59 Å². The van der Waals surface area contributed by atoms with Gasteiger partial charge in [-0.1, -0.05) is 45.4 Å². The predicted molar refractivity (Wildman–Crippen MR) is 124 cm³/mol. The van der Waals surface area contributed by atoms with Crippen LogP contribution in [0.25, 0.3) is 0 Å². The quantitative estimate of drug-likeness (QED) is 0.366. The molecule has 0 bridgehead atoms. The Hall–Kier alpha value is -1.53. The summed E-state index contributed by atoms with van der Waals surface area (Å²) in [5, 5.41) is 9.24. The van der Waals surface area contributed by atoms with E-state index in [9.17, 15) is 14.7 Å². The monoisotopic (exact) mass is 450 g/mol. The molecule has 1 saturated carbocycles. The van der Waals surface area contributed by atoms with Gasteiger partial charge < -0.3 is 14.6 Å². The number of aliphatic carboxylic acids is 1. The third-order valence-corrected chi connectivity index (χ3v) is 7.71. The highest BCUT2D eigenvalue weighted by atomic mass is 32.2. The van der Waals surface area contributed by atoms with E-state index in [0.29, 0.717) is 17.8 Å². The molecule has 0 radical (unpaired) electrons. The average molecular weight is 451 g/mol. The third kappa shape index (κ3) is 6.98. The fourth-order valence-corrected chi connectivity index (χ4v) is 6.04. The molecular formula is C25H38O5S. The van der Waals surface area contributed by atoms with Crippen molar-refractivity contribution in [3.05, 3.63) is 30.3 Å². The summed E-state index contributed by atoms with van der Waals surface area (Å²) in [5.74, 6) is 0.103. The minimum atomic E-state index is -0.987. The predicted octanol–water partition coefficient (Wildman–Crippen LogP) is 5.67. The Kier molecular flexibility index (Phi) is 9.44. The van der Waals surface area contributed by atoms with Crippen molar-refractivity contribution in [1.29, 1.82) is 0 Å². The van der Waals surface area contributed by atoms with Crippen LogP contribution in [0.3, 0.4) is 0 Å². The number of carbonyl (C=O) groups excluding carboxylic acids is 1. The zero-order chi connectivity index (χ0) is 23.2. The van der Waals surface area contributed by atoms with Crippen LogP contribution < -0.4 is 0 Å². The smallest absolute Gasteiger partial charge is 0.313 e. The van der Waals surface area contributed by atoms with E-state index in [1.807, 2.05) is 30.3 Å². The maximum atomic E-state index is 12.8. The Labute approximate surface area is 191 Å². The number of esters is 1. The van der Waals surface area contributed by atoms with Gasteiger partial charge in [-0.25, -0.2) is 0 Å². The van der Waals surface area contributed by atoms with Gasteiger partial charge in [0.15, 0.2) is 0 Å². The first kappa shape index (κ1) is 25.7. The van der Waals surface area contributed by atoms with Gasteiger partial charge in [0.25, 0.3) is 0 Å². The van der Waals surface area contributed by atoms with Crippen molar-refractivity contribution in [2.45, 2.75) is 82.7 Å². The molecule has 0 aromatic heterocycles. The maximum Gasteiger partial charge on any atom is 0.313 e. The van der Waals surface area contributed by atoms with Gasteiger partial charge in [0.2, 0.25) is 0 Å². The van der Waals surface area contributed by atoms with E-state index >= 15 is 0 Å². The van der Waals surface area contributed by atoms with E-state index in [0.717, 1.165) is 17.7 Å². The van der Waals surface area contributed by atoms with Crippen molar-refractivity contribution >= 4 is 23.7 Å². The summed E-state index contributed by atoms with van der Waals surface area (Å²) in [6.45, 7) is 10.3. The van der Waals surface area contributed by atoms with Crippen LogP contribution in [0.2, 0.25) is 0 Å². The largest absolute Gasteiger partial charge is 0.481 e. The van der Waals surface area contributed by atoms with Gasteiger partial charge in [-0.2, -0.15) is 0 Å². The molecule has 0 saturated heterocycles. The Morgan fingerprint density at radius 3 is 2.39 bits per heavy atom. The zero-order valence-electron chi connectivity index (χ0n) is 19.7. The molecule has 5 atom stereocenters. The highest BCUT2D eigenvalue weighted by molar-refractivity contribution is 8.00. The van der Waals surface area contributed by atoms with Crippen LogP contribution >= 0.6 is 11.8 Å². The second-order valence-electron chi connectivity index (χ2n) is 9.70. The fraction of sp³-hybridized carbons (Fsp3) is 0.680. The van der Waals surface area contributed by atoms with E-state index in [4.69, 9.17) is 9.47 Å². The Bertz CT molecular complexity index is 718. The molecule has 1 fully saturated rings. The van der Waals surface area contributed by atoms with Gasteiger partial charge in [-0.05, 0) is 56.6 Å². The Morgan fingerprint density at radius 1 is 1.19 bits per heavy atom. The third-order valence-electron chi connectivity index (χ3n) is 6.45. The second-order valence-corrected chi connectivity index (χ2v) is 11.0. The number of rotatable bonds is 10. The van der Waals surface area contributed by atoms with Gasteiger partial charge in [-0.15, -0.1) is 11.8 Å². The lowest BCUT2D eigenvalue weighted by atomic mass is 9.74. The van der Waals surface area contributed by atoms with Gasteiger partial charge in [0.05, 0.1) is 31.2 Å². The first-order chi connectivity index (χ1) is 14.6. The number of carbonyl (C=O) groups is 2. The molecule has 0 amide bonds. The van der Waals surface area contributed by atoms with Gasteiger partial charge >= 0.3 is 11.9 Å². The van der Waals surface area contributed by atoms with Crippen molar-refractivity contribution in [2.75, 3.05) is 7.11 Å². The highest BCUT2D eigenvalue weighted by Gasteiger charge is 2.47. The van der Waals surface area contributed by atoms with Crippen LogP contribution in [0.4, 0.5) is 0 Å². The number of benzene rings is 1. The highest BCUT2D eigenvalue weighted by Crippen LogP contribution is 2.42. The standard InChI is InChI=1S/C25H38O5S/c1-16(2)19-13-12-17(3)14-20(19)30-23(25(4,5)24(28)29-6)21(15-22(26)27)31-18-10-8-7-9-11-18/h7-11,16-17,19-21,23H,12-15H2,1-6H3,(H,26,27)/t17-,19+,20-,21-,23-/m1/s1. The molecule has 0 spiro atoms. The summed E-state index contributed by atoms with van der Waals surface area (Å²) in [7, 11) is 1.37. The molecule has 174 valence electrons. The first-order valence-corrected chi connectivity index (χ1v) is 12.1. The molecule has 1 aromatic carbocycles. The molecule has 0 heterocycles. The topological polar surface area (TPSA) is 72.8 Å². The fourth-order valence-electron chi connectivity index (χ4n) is 4.62. The van der Waals surface area contributed by atoms with Gasteiger partial charge in [0, 0.05) is 10.1 Å². The first-order valence-electron chi connectivity index (χ1n) is 11.2. The molecule has 31 heavy (non-hydrogen) atoms. The van der Waals surface area contributed by atoms with Crippen LogP contribution in [0.1, 0.15) is 60.3 Å². The lowest BCUT2D eigenvalue weighted by molar-refractivity contribution is -0.171. The average Bonchev–Trinajstić information content (AvgIpc) is 2.71. The lowest BCUT2D eigenvalue weighted by Crippen LogP contribution is -2.50. The molecule has 6 heteroatoms. The normalized spacial score (nSPS) is 23.9. The lowest BCUT2D eigenvalue weighted by Gasteiger charge is -2.44. The number of carboxylic acid groups (broad SMARTS) is 1. The van der Waals surface area contributed by atoms with Crippen LogP contribution in [-0.2, 0) is 19.1 Å². The minimum Gasteiger partial charge on any atom is -0.481 e. The van der Waals surface area contributed by atoms with E-state index in [-0.39, 0.29) is 18.5 Å². The Morgan fingerprint density at radius 2 is 1.84 bits per heavy atom. The van der Waals surface area contributed by atoms with Crippen molar-refractivity contribution in [3.63, 3.8) is 0 Å². The summed E-state index contributed by atoms with van der Waals surface area (Å²) in [6, 6.07) is 9.71. The molecule has 1 aromatic rings. The summed E-state index contributed by atoms with van der Waals surface area (Å²) in [5.41, 5.74) is -0.987. The van der Waals surface area contributed by atoms with E-state index in [1.54, 1.807) is 13.8 Å². The molecule has 5 nitrogen and oxygen atoms in total. The number of hydrogen-bond acceptors (Lipinski definition) is 5. The molecule has 1 aliphatic rings. The maximum absolute atomic E-state index is 12.8. The van der Waals surface area contributed by atoms with E-state index < -0.39 is 22.7 Å². The molecular weight excluding hydrogens is 412 g/mol. The van der Waals surface area contributed by atoms with E-state index in [2.05, 4.69) is 20.8 Å². The van der Waals surface area contributed by atoms with Crippen LogP contribution in [0.15, 0.2) is 35.2 Å². The van der Waals surface area contributed by atoms with Gasteiger partial charge in [0.1, 0.15) is 0 Å². The van der Waals surface area contributed by atoms with Crippen molar-refractivity contribution < 1.29 is 24.2 Å². The summed E-state index contributed by atoms with van der Waals surface area (Å²) in [6.07, 6.45) is 2.48. The van der Waals surface area contributed by atoms with Crippen molar-refractivity contribution in [3.8, 4) is 0 Å². The molecule has 2 rings (SSSR count). The number of carboxylic acids is 1. The summed E-state index contributed by atoms with van der Waals surface area (Å²) < 4.78 is 11.9. The van der Waals surface area contributed by atoms with Crippen LogP contribution in [-0.4, -0.2) is 41.6 Å². The number of ether oxygens (including phenoxy) is 2. The summed E-state index contributed by atoms with van der Waals surface area (Å²) in [4.78, 5) is 25.5. The van der Waals surface area contributed by atoms with Crippen LogP contribution in [0, 0.1) is 23.2 Å². The number of thioether (sulfide) groups is 1. The molecule has 0 unspecified atom stereocenters. The number of methoxy groups -OCH3 is 1. The zero-order valence-corrected chi connectivity index (χ0v) is 20.5. The minimum absolute atomic E-state index is 0.00894. The van der Waals surface area contributed by atoms with Crippen LogP contribution in [0.5, 0.6) is 0 Å². The molecule has 1 N–H and O–H groups in total. The SMILES string of the molecule is COC(=O)C(C)(C)[C@H](O[C@@H]1C[C@H](C)CC[C@H]1C(C)C)[C@@H](CC(=O)O)Sc1ccccc1. The Balaban J connectivity index is 2.43. The van der Waals surface area contributed by atoms with Crippen molar-refractivity contribution in [1.82, 2.24) is 0 Å². The van der Waals surface area contributed by atoms with Crippen molar-refractivity contribution in [2.24, 2.45) is 23.2 Å².